The molecule has 4 heteroatoms. The van der Waals surface area contributed by atoms with Crippen molar-refractivity contribution in [2.45, 2.75) is 32.0 Å². The minimum atomic E-state index is -1.05. The second kappa shape index (κ2) is 3.07. The fraction of sp³-hybridized carbons (Fsp3) is 0.857. The predicted molar refractivity (Wildman–Crippen MR) is 38.3 cm³/mol. The zero-order valence-corrected chi connectivity index (χ0v) is 6.46. The lowest BCUT2D eigenvalue weighted by Gasteiger charge is -2.22. The average molecular weight is 161 g/mol. The van der Waals surface area contributed by atoms with Crippen molar-refractivity contribution in [1.29, 1.82) is 0 Å². The number of hydrogen-bond donors (Lipinski definition) is 1. The first-order chi connectivity index (χ1) is 5.13. The SMILES string of the molecule is C[C@@H](F)C1CCCN1C(=O)O. The summed E-state index contributed by atoms with van der Waals surface area (Å²) in [4.78, 5) is 11.7. The highest BCUT2D eigenvalue weighted by Crippen LogP contribution is 2.21. The van der Waals surface area contributed by atoms with E-state index < -0.39 is 18.3 Å². The van der Waals surface area contributed by atoms with Crippen LogP contribution in [0.2, 0.25) is 0 Å². The van der Waals surface area contributed by atoms with Crippen molar-refractivity contribution in [3.05, 3.63) is 0 Å². The molecule has 3 nitrogen and oxygen atoms in total. The Morgan fingerprint density at radius 2 is 2.45 bits per heavy atom. The Hall–Kier alpha value is -0.800. The van der Waals surface area contributed by atoms with Crippen molar-refractivity contribution in [1.82, 2.24) is 4.90 Å². The molecule has 0 radical (unpaired) electrons. The minimum Gasteiger partial charge on any atom is -0.465 e. The van der Waals surface area contributed by atoms with E-state index in [0.29, 0.717) is 13.0 Å². The van der Waals surface area contributed by atoms with Gasteiger partial charge in [0.15, 0.2) is 0 Å². The van der Waals surface area contributed by atoms with Crippen LogP contribution < -0.4 is 0 Å². The van der Waals surface area contributed by atoms with Gasteiger partial charge in [0.1, 0.15) is 6.17 Å². The van der Waals surface area contributed by atoms with Crippen LogP contribution >= 0.6 is 0 Å². The standard InChI is InChI=1S/C7H12FNO2/c1-5(8)6-3-2-4-9(6)7(10)11/h5-6H,2-4H2,1H3,(H,10,11)/t5-,6?/m1/s1. The summed E-state index contributed by atoms with van der Waals surface area (Å²) in [5.74, 6) is 0. The van der Waals surface area contributed by atoms with Crippen LogP contribution in [-0.4, -0.2) is 34.9 Å². The molecular weight excluding hydrogens is 149 g/mol. The second-order valence-electron chi connectivity index (χ2n) is 2.86. The van der Waals surface area contributed by atoms with Crippen molar-refractivity contribution in [3.63, 3.8) is 0 Å². The van der Waals surface area contributed by atoms with Gasteiger partial charge in [-0.1, -0.05) is 0 Å². The van der Waals surface area contributed by atoms with Crippen LogP contribution in [0.25, 0.3) is 0 Å². The molecule has 0 aromatic rings. The van der Waals surface area contributed by atoms with Gasteiger partial charge < -0.3 is 10.0 Å². The van der Waals surface area contributed by atoms with Crippen molar-refractivity contribution in [2.75, 3.05) is 6.54 Å². The Balaban J connectivity index is 2.58. The van der Waals surface area contributed by atoms with Gasteiger partial charge in [-0.2, -0.15) is 0 Å². The number of rotatable bonds is 1. The minimum absolute atomic E-state index is 0.410. The van der Waals surface area contributed by atoms with Crippen LogP contribution in [0.5, 0.6) is 0 Å². The molecule has 1 amide bonds. The molecule has 0 saturated carbocycles. The maximum atomic E-state index is 12.7. The first-order valence-corrected chi connectivity index (χ1v) is 3.76. The summed E-state index contributed by atoms with van der Waals surface area (Å²) in [7, 11) is 0. The molecule has 1 aliphatic rings. The lowest BCUT2D eigenvalue weighted by atomic mass is 10.1. The summed E-state index contributed by atoms with van der Waals surface area (Å²) in [6.07, 6.45) is -0.611. The molecule has 2 atom stereocenters. The maximum Gasteiger partial charge on any atom is 0.407 e. The summed E-state index contributed by atoms with van der Waals surface area (Å²) in [5, 5.41) is 8.59. The van der Waals surface area contributed by atoms with E-state index in [-0.39, 0.29) is 0 Å². The predicted octanol–water partition coefficient (Wildman–Crippen LogP) is 1.49. The van der Waals surface area contributed by atoms with Crippen molar-refractivity contribution < 1.29 is 14.3 Å². The van der Waals surface area contributed by atoms with Crippen LogP contribution in [0.4, 0.5) is 9.18 Å². The van der Waals surface area contributed by atoms with Crippen molar-refractivity contribution in [3.8, 4) is 0 Å². The fourth-order valence-electron chi connectivity index (χ4n) is 1.51. The lowest BCUT2D eigenvalue weighted by molar-refractivity contribution is 0.116. The third-order valence-electron chi connectivity index (χ3n) is 2.08. The Labute approximate surface area is 64.8 Å². The highest BCUT2D eigenvalue weighted by molar-refractivity contribution is 5.65. The zero-order chi connectivity index (χ0) is 8.43. The quantitative estimate of drug-likeness (QED) is 0.632. The Morgan fingerprint density at radius 1 is 1.82 bits per heavy atom. The van der Waals surface area contributed by atoms with E-state index in [1.165, 1.54) is 11.8 Å². The van der Waals surface area contributed by atoms with Gasteiger partial charge in [-0.3, -0.25) is 0 Å². The van der Waals surface area contributed by atoms with Crippen LogP contribution in [-0.2, 0) is 0 Å². The molecule has 1 aliphatic heterocycles. The van der Waals surface area contributed by atoms with E-state index in [0.717, 1.165) is 6.42 Å². The van der Waals surface area contributed by atoms with Gasteiger partial charge in [0.05, 0.1) is 6.04 Å². The topological polar surface area (TPSA) is 40.5 Å². The summed E-state index contributed by atoms with van der Waals surface area (Å²) in [6, 6.07) is -0.410. The van der Waals surface area contributed by atoms with Crippen molar-refractivity contribution >= 4 is 6.09 Å². The average Bonchev–Trinajstić information content (AvgIpc) is 2.32. The normalized spacial score (nSPS) is 27.1. The molecule has 1 unspecified atom stereocenters. The van der Waals surface area contributed by atoms with Crippen LogP contribution in [0.1, 0.15) is 19.8 Å². The number of hydrogen-bond acceptors (Lipinski definition) is 1. The summed E-state index contributed by atoms with van der Waals surface area (Å²) < 4.78 is 12.7. The van der Waals surface area contributed by atoms with Gasteiger partial charge in [-0.25, -0.2) is 9.18 Å². The second-order valence-corrected chi connectivity index (χ2v) is 2.86. The first kappa shape index (κ1) is 8.30. The molecule has 0 aromatic carbocycles. The number of likely N-dealkylation sites (tertiary alicyclic amines) is 1. The smallest absolute Gasteiger partial charge is 0.407 e. The number of carbonyl (C=O) groups is 1. The van der Waals surface area contributed by atoms with Gasteiger partial charge in [0.2, 0.25) is 0 Å². The van der Waals surface area contributed by atoms with Gasteiger partial charge in [-0.05, 0) is 19.8 Å². The van der Waals surface area contributed by atoms with Crippen LogP contribution in [0.15, 0.2) is 0 Å². The summed E-state index contributed by atoms with van der Waals surface area (Å²) in [5.41, 5.74) is 0. The van der Waals surface area contributed by atoms with E-state index in [1.807, 2.05) is 0 Å². The van der Waals surface area contributed by atoms with E-state index in [2.05, 4.69) is 0 Å². The fourth-order valence-corrected chi connectivity index (χ4v) is 1.51. The molecule has 1 saturated heterocycles. The first-order valence-electron chi connectivity index (χ1n) is 3.76. The molecule has 1 rings (SSSR count). The summed E-state index contributed by atoms with van der Waals surface area (Å²) >= 11 is 0. The van der Waals surface area contributed by atoms with E-state index in [4.69, 9.17) is 5.11 Å². The molecule has 64 valence electrons. The lowest BCUT2D eigenvalue weighted by Crippen LogP contribution is -2.39. The largest absolute Gasteiger partial charge is 0.465 e. The van der Waals surface area contributed by atoms with Crippen molar-refractivity contribution in [2.24, 2.45) is 0 Å². The Bertz CT molecular complexity index is 161. The molecule has 1 N–H and O–H groups in total. The van der Waals surface area contributed by atoms with Gasteiger partial charge in [0.25, 0.3) is 0 Å². The van der Waals surface area contributed by atoms with Crippen LogP contribution in [0.3, 0.4) is 0 Å². The highest BCUT2D eigenvalue weighted by Gasteiger charge is 2.32. The highest BCUT2D eigenvalue weighted by atomic mass is 19.1. The molecule has 1 fully saturated rings. The van der Waals surface area contributed by atoms with Gasteiger partial charge in [0, 0.05) is 6.54 Å². The number of carboxylic acid groups (broad SMARTS) is 1. The monoisotopic (exact) mass is 161 g/mol. The third kappa shape index (κ3) is 1.61. The molecule has 0 bridgehead atoms. The van der Waals surface area contributed by atoms with Gasteiger partial charge in [-0.15, -0.1) is 0 Å². The molecule has 0 spiro atoms. The van der Waals surface area contributed by atoms with Gasteiger partial charge >= 0.3 is 6.09 Å². The molecule has 1 heterocycles. The molecule has 0 aromatic heterocycles. The zero-order valence-electron chi connectivity index (χ0n) is 6.46. The van der Waals surface area contributed by atoms with E-state index in [9.17, 15) is 9.18 Å². The Morgan fingerprint density at radius 3 is 2.82 bits per heavy atom. The third-order valence-corrected chi connectivity index (χ3v) is 2.08. The number of alkyl halides is 1. The summed E-state index contributed by atoms with van der Waals surface area (Å²) in [6.45, 7) is 1.89. The molecule has 11 heavy (non-hydrogen) atoms. The number of halogens is 1. The van der Waals surface area contributed by atoms with E-state index >= 15 is 0 Å². The maximum absolute atomic E-state index is 12.7. The molecule has 0 aliphatic carbocycles. The number of nitrogens with zero attached hydrogens (tertiary/aromatic N) is 1. The molecular formula is C7H12FNO2. The number of amides is 1. The Kier molecular flexibility index (Phi) is 2.31. The van der Waals surface area contributed by atoms with E-state index in [1.54, 1.807) is 0 Å². The van der Waals surface area contributed by atoms with Crippen LogP contribution in [0, 0.1) is 0 Å².